The van der Waals surface area contributed by atoms with Gasteiger partial charge in [-0.05, 0) is 110 Å². The second-order valence-electron chi connectivity index (χ2n) is 23.6. The summed E-state index contributed by atoms with van der Waals surface area (Å²) in [6.07, 6.45) is -17.4. The minimum atomic E-state index is -2.07. The van der Waals surface area contributed by atoms with E-state index in [9.17, 15) is 61.0 Å². The van der Waals surface area contributed by atoms with Crippen molar-refractivity contribution in [1.29, 1.82) is 0 Å². The summed E-state index contributed by atoms with van der Waals surface area (Å²) >= 11 is 0. The van der Waals surface area contributed by atoms with Crippen LogP contribution in [0, 0.1) is 50.2 Å². The molecule has 0 aromatic rings. The van der Waals surface area contributed by atoms with Gasteiger partial charge in [0, 0.05) is 5.41 Å². The molecule has 0 radical (unpaired) electrons. The number of hydrogen-bond acceptors (Lipinski definition) is 17. The Morgan fingerprint density at radius 2 is 1.32 bits per heavy atom. The number of carbonyl (C=O) groups is 1. The van der Waals surface area contributed by atoms with Crippen LogP contribution in [-0.4, -0.2) is 180 Å². The standard InChI is InChI=1S/C48H78O18/c1-21-29(52)31(54)35(58)40(61-21)65-37-32(55)30(53)24(19-49)62-41(37)66-38-34(57)33(56)36(39(59)60)64-42(38)63-28-12-13-45(5)25(46(28,6)20-50)11-14-48(8)26(45)10-9-22-23-17-43(2,3)27(51)18-44(23,4)15-16-47(22,48)7/h9,21,23-38,40-42,49-58H,10-20H2,1-8H3,(H,59,60)/t21-,23+,24+,25+,26+,27-,28-,29-,30-,31+,32-,33-,34-,35+,36-,37+,38+,40-,41-,42+,44-,45-,46+,47+,48+/m0/s1. The Morgan fingerprint density at radius 1 is 0.682 bits per heavy atom. The van der Waals surface area contributed by atoms with Gasteiger partial charge in [-0.2, -0.15) is 0 Å². The summed E-state index contributed by atoms with van der Waals surface area (Å²) in [5, 5.41) is 119. The van der Waals surface area contributed by atoms with Gasteiger partial charge in [0.2, 0.25) is 0 Å². The molecule has 3 aliphatic heterocycles. The average Bonchev–Trinajstić information content (AvgIpc) is 3.25. The van der Waals surface area contributed by atoms with Crippen LogP contribution in [0.15, 0.2) is 11.6 Å². The molecule has 0 aromatic carbocycles. The number of aliphatic hydroxyl groups excluding tert-OH is 10. The van der Waals surface area contributed by atoms with Crippen molar-refractivity contribution < 1.29 is 89.4 Å². The lowest BCUT2D eigenvalue weighted by Crippen LogP contribution is -2.68. The average molecular weight is 943 g/mol. The Kier molecular flexibility index (Phi) is 13.7. The van der Waals surface area contributed by atoms with E-state index in [-0.39, 0.29) is 51.6 Å². The van der Waals surface area contributed by atoms with Crippen LogP contribution in [0.3, 0.4) is 0 Å². The van der Waals surface area contributed by atoms with E-state index in [0.717, 1.165) is 44.9 Å². The lowest BCUT2D eigenvalue weighted by molar-refractivity contribution is -0.396. The minimum Gasteiger partial charge on any atom is -0.479 e. The third-order valence-corrected chi connectivity index (χ3v) is 19.6. The van der Waals surface area contributed by atoms with Crippen LogP contribution >= 0.6 is 0 Å². The Hall–Kier alpha value is -1.43. The molecule has 3 saturated heterocycles. The van der Waals surface area contributed by atoms with E-state index in [4.69, 9.17) is 28.4 Å². The lowest BCUT2D eigenvalue weighted by atomic mass is 9.33. The van der Waals surface area contributed by atoms with Crippen molar-refractivity contribution in [2.45, 2.75) is 218 Å². The van der Waals surface area contributed by atoms with E-state index in [1.54, 1.807) is 5.57 Å². The largest absolute Gasteiger partial charge is 0.479 e. The number of rotatable bonds is 9. The molecule has 25 atom stereocenters. The van der Waals surface area contributed by atoms with Crippen LogP contribution in [0.2, 0.25) is 0 Å². The van der Waals surface area contributed by atoms with Gasteiger partial charge >= 0.3 is 5.97 Å². The molecule has 11 N–H and O–H groups in total. The Labute approximate surface area is 387 Å². The number of hydrogen-bond donors (Lipinski definition) is 11. The Bertz CT molecular complexity index is 1820. The van der Waals surface area contributed by atoms with Crippen molar-refractivity contribution in [3.63, 3.8) is 0 Å². The highest BCUT2D eigenvalue weighted by Crippen LogP contribution is 2.76. The highest BCUT2D eigenvalue weighted by atomic mass is 16.8. The van der Waals surface area contributed by atoms with Crippen molar-refractivity contribution >= 4 is 5.97 Å². The topological polar surface area (TPSA) is 295 Å². The zero-order valence-corrected chi connectivity index (χ0v) is 39.7. The summed E-state index contributed by atoms with van der Waals surface area (Å²) in [5.41, 5.74) is 0.0658. The maximum Gasteiger partial charge on any atom is 0.335 e. The zero-order valence-electron chi connectivity index (χ0n) is 39.7. The summed E-state index contributed by atoms with van der Waals surface area (Å²) in [6.45, 7) is 16.3. The van der Waals surface area contributed by atoms with Crippen molar-refractivity contribution in [2.75, 3.05) is 13.2 Å². The van der Waals surface area contributed by atoms with E-state index >= 15 is 0 Å². The summed E-state index contributed by atoms with van der Waals surface area (Å²) in [6, 6.07) is 0. The van der Waals surface area contributed by atoms with Gasteiger partial charge in [0.25, 0.3) is 0 Å². The highest BCUT2D eigenvalue weighted by Gasteiger charge is 2.69. The quantitative estimate of drug-likeness (QED) is 0.112. The highest BCUT2D eigenvalue weighted by molar-refractivity contribution is 5.73. The van der Waals surface area contributed by atoms with E-state index in [1.807, 2.05) is 6.92 Å². The number of aliphatic hydroxyl groups is 10. The Morgan fingerprint density at radius 3 is 1.95 bits per heavy atom. The van der Waals surface area contributed by atoms with Gasteiger partial charge in [0.05, 0.1) is 31.5 Å². The molecule has 18 heteroatoms. The first-order valence-electron chi connectivity index (χ1n) is 24.3. The number of ether oxygens (including phenoxy) is 6. The fourth-order valence-electron chi connectivity index (χ4n) is 15.0. The molecular weight excluding hydrogens is 865 g/mol. The molecule has 4 saturated carbocycles. The van der Waals surface area contributed by atoms with Gasteiger partial charge in [-0.3, -0.25) is 0 Å². The fraction of sp³-hybridized carbons (Fsp3) is 0.938. The van der Waals surface area contributed by atoms with E-state index in [1.165, 1.54) is 6.92 Å². The molecule has 378 valence electrons. The molecule has 18 nitrogen and oxygen atoms in total. The van der Waals surface area contributed by atoms with Crippen LogP contribution in [0.1, 0.15) is 113 Å². The number of fused-ring (bicyclic) bond motifs is 7. The minimum absolute atomic E-state index is 0.0270. The molecule has 66 heavy (non-hydrogen) atoms. The van der Waals surface area contributed by atoms with Crippen LogP contribution < -0.4 is 0 Å². The maximum absolute atomic E-state index is 12.5. The Balaban J connectivity index is 1.07. The predicted molar refractivity (Wildman–Crippen MR) is 231 cm³/mol. The van der Waals surface area contributed by atoms with Gasteiger partial charge in [-0.15, -0.1) is 0 Å². The van der Waals surface area contributed by atoms with Gasteiger partial charge in [0.15, 0.2) is 25.0 Å². The van der Waals surface area contributed by atoms with Gasteiger partial charge < -0.3 is 84.6 Å². The first-order valence-corrected chi connectivity index (χ1v) is 24.3. The monoisotopic (exact) mass is 943 g/mol. The first kappa shape index (κ1) is 50.9. The SMILES string of the molecule is C[C@@H]1O[C@@H](O[C@H]2[C@H](O[C@H]3[C@H](O[C@H]4CC[C@@]5(C)[C@@H](CC[C@]6(C)[C@@H]5CC=C5[C@H]7CC(C)(C)[C@@H](O)C[C@]7(C)CC[C@]56C)[C@@]4(C)CO)O[C@H](C(=O)O)[C@@H](O)[C@@H]3O)O[C@H](CO)[C@H](O)[C@@H]2O)[C@H](O)[C@H](O)[C@H]1O. The molecule has 5 aliphatic carbocycles. The summed E-state index contributed by atoms with van der Waals surface area (Å²) < 4.78 is 36.2. The normalized spacial score (nSPS) is 55.9. The predicted octanol–water partition coefficient (Wildman–Crippen LogP) is 0.705. The molecule has 0 bridgehead atoms. The molecule has 0 spiro atoms. The van der Waals surface area contributed by atoms with Crippen molar-refractivity contribution in [3.8, 4) is 0 Å². The van der Waals surface area contributed by atoms with Gasteiger partial charge in [-0.1, -0.05) is 60.1 Å². The molecule has 3 heterocycles. The number of carboxylic acid groups (broad SMARTS) is 1. The molecule has 8 aliphatic rings. The van der Waals surface area contributed by atoms with Crippen LogP contribution in [0.4, 0.5) is 0 Å². The molecule has 0 amide bonds. The van der Waals surface area contributed by atoms with E-state index < -0.39 is 116 Å². The van der Waals surface area contributed by atoms with Crippen molar-refractivity contribution in [1.82, 2.24) is 0 Å². The smallest absolute Gasteiger partial charge is 0.335 e. The number of allylic oxidation sites excluding steroid dienone is 2. The zero-order chi connectivity index (χ0) is 48.4. The fourth-order valence-corrected chi connectivity index (χ4v) is 15.0. The third kappa shape index (κ3) is 7.78. The van der Waals surface area contributed by atoms with Crippen LogP contribution in [-0.2, 0) is 33.2 Å². The molecule has 0 unspecified atom stereocenters. The maximum atomic E-state index is 12.5. The molecular formula is C48H78O18. The van der Waals surface area contributed by atoms with Gasteiger partial charge in [0.1, 0.15) is 61.0 Å². The number of aliphatic carboxylic acids is 1. The third-order valence-electron chi connectivity index (χ3n) is 19.6. The van der Waals surface area contributed by atoms with Crippen molar-refractivity contribution in [3.05, 3.63) is 11.6 Å². The molecule has 8 rings (SSSR count). The summed E-state index contributed by atoms with van der Waals surface area (Å²) in [7, 11) is 0. The van der Waals surface area contributed by atoms with Crippen LogP contribution in [0.25, 0.3) is 0 Å². The second-order valence-corrected chi connectivity index (χ2v) is 23.6. The number of carboxylic acids is 1. The molecule has 0 aromatic heterocycles. The van der Waals surface area contributed by atoms with Crippen molar-refractivity contribution in [2.24, 2.45) is 50.2 Å². The van der Waals surface area contributed by atoms with E-state index in [2.05, 4.69) is 47.6 Å². The summed E-state index contributed by atoms with van der Waals surface area (Å²) in [4.78, 5) is 12.5. The first-order chi connectivity index (χ1) is 30.7. The summed E-state index contributed by atoms with van der Waals surface area (Å²) in [5.74, 6) is -1.04. The van der Waals surface area contributed by atoms with Crippen LogP contribution in [0.5, 0.6) is 0 Å². The second kappa shape index (κ2) is 17.7. The molecule has 7 fully saturated rings. The van der Waals surface area contributed by atoms with E-state index in [0.29, 0.717) is 18.8 Å². The lowest BCUT2D eigenvalue weighted by Gasteiger charge is -2.71. The van der Waals surface area contributed by atoms with Gasteiger partial charge in [-0.25, -0.2) is 4.79 Å².